The van der Waals surface area contributed by atoms with Crippen LogP contribution in [0.25, 0.3) is 0 Å². The number of rotatable bonds is 16. The van der Waals surface area contributed by atoms with E-state index in [0.717, 1.165) is 44.9 Å². The van der Waals surface area contributed by atoms with Crippen LogP contribution in [-0.4, -0.2) is 41.3 Å². The zero-order valence-electron chi connectivity index (χ0n) is 20.2. The second-order valence-corrected chi connectivity index (χ2v) is 9.69. The zero-order valence-corrected chi connectivity index (χ0v) is 20.2. The molecule has 191 valence electrons. The number of hydrogen-bond acceptors (Lipinski definition) is 4. The minimum absolute atomic E-state index is 0.297. The van der Waals surface area contributed by atoms with Crippen molar-refractivity contribution in [3.63, 3.8) is 0 Å². The molecule has 0 aromatic rings. The van der Waals surface area contributed by atoms with E-state index in [2.05, 4.69) is 6.92 Å². The normalized spacial score (nSPS) is 29.2. The van der Waals surface area contributed by atoms with Gasteiger partial charge in [0.05, 0.1) is 6.10 Å². The molecule has 2 unspecified atom stereocenters. The molecule has 33 heavy (non-hydrogen) atoms. The average Bonchev–Trinajstić information content (AvgIpc) is 3.12. The molecule has 7 heteroatoms. The minimum Gasteiger partial charge on any atom is -0.479 e. The van der Waals surface area contributed by atoms with Crippen LogP contribution in [0.5, 0.6) is 0 Å². The second-order valence-electron chi connectivity index (χ2n) is 9.69. The van der Waals surface area contributed by atoms with Crippen LogP contribution in [0.4, 0.5) is 8.78 Å². The van der Waals surface area contributed by atoms with Crippen LogP contribution >= 0.6 is 0 Å². The standard InChI is InChI=1S/C26H43F2O5/c1-2-3-4-5-6-11-17-26(25(27)28)18-16-21(29)20(26)13-8-7-9-14-22(24(30)31)33-23-15-10-12-19-32-23/h7-8,20-23,29H,2-6,9-19H2,1H3,(H,30,31)/b8-7-/t20-,21-,22?,23?,26+/m0/s1. The first-order valence-electron chi connectivity index (χ1n) is 12.9. The van der Waals surface area contributed by atoms with E-state index in [0.29, 0.717) is 51.6 Å². The molecule has 5 nitrogen and oxygen atoms in total. The van der Waals surface area contributed by atoms with Gasteiger partial charge in [-0.05, 0) is 63.7 Å². The Balaban J connectivity index is 1.83. The molecule has 0 aromatic heterocycles. The number of allylic oxidation sites excluding steroid dienone is 2. The Hall–Kier alpha value is -1.05. The molecule has 1 aliphatic carbocycles. The van der Waals surface area contributed by atoms with Gasteiger partial charge in [-0.3, -0.25) is 0 Å². The van der Waals surface area contributed by atoms with Crippen LogP contribution in [-0.2, 0) is 14.3 Å². The Morgan fingerprint density at radius 2 is 1.91 bits per heavy atom. The molecule has 1 radical (unpaired) electrons. The first-order valence-corrected chi connectivity index (χ1v) is 12.9. The summed E-state index contributed by atoms with van der Waals surface area (Å²) in [7, 11) is 0. The Morgan fingerprint density at radius 3 is 2.58 bits per heavy atom. The highest BCUT2D eigenvalue weighted by Crippen LogP contribution is 2.55. The van der Waals surface area contributed by atoms with E-state index < -0.39 is 42.2 Å². The highest BCUT2D eigenvalue weighted by atomic mass is 19.3. The van der Waals surface area contributed by atoms with Crippen LogP contribution in [0.15, 0.2) is 12.2 Å². The number of carbonyl (C=O) groups is 1. The van der Waals surface area contributed by atoms with Gasteiger partial charge < -0.3 is 19.7 Å². The molecule has 2 aliphatic rings. The fourth-order valence-electron chi connectivity index (χ4n) is 5.26. The third-order valence-corrected chi connectivity index (χ3v) is 7.29. The van der Waals surface area contributed by atoms with Gasteiger partial charge in [-0.2, -0.15) is 8.78 Å². The summed E-state index contributed by atoms with van der Waals surface area (Å²) in [6.45, 7) is 2.74. The zero-order chi connectivity index (χ0) is 24.1. The summed E-state index contributed by atoms with van der Waals surface area (Å²) in [5.74, 6) is -1.51. The second kappa shape index (κ2) is 15.0. The van der Waals surface area contributed by atoms with Crippen molar-refractivity contribution in [2.45, 2.75) is 122 Å². The van der Waals surface area contributed by atoms with Gasteiger partial charge in [-0.1, -0.05) is 57.6 Å². The van der Waals surface area contributed by atoms with E-state index in [1.165, 1.54) is 6.42 Å². The van der Waals surface area contributed by atoms with Gasteiger partial charge in [0.1, 0.15) is 0 Å². The van der Waals surface area contributed by atoms with Crippen LogP contribution in [0, 0.1) is 17.8 Å². The molecule has 1 saturated carbocycles. The summed E-state index contributed by atoms with van der Waals surface area (Å²) in [5, 5.41) is 19.9. The van der Waals surface area contributed by atoms with Crippen molar-refractivity contribution in [3.05, 3.63) is 18.6 Å². The maximum atomic E-state index is 14.1. The van der Waals surface area contributed by atoms with Crippen molar-refractivity contribution in [2.75, 3.05) is 6.61 Å². The Morgan fingerprint density at radius 1 is 1.15 bits per heavy atom. The van der Waals surface area contributed by atoms with Crippen LogP contribution in [0.1, 0.15) is 103 Å². The highest BCUT2D eigenvalue weighted by molar-refractivity contribution is 5.72. The van der Waals surface area contributed by atoms with Crippen molar-refractivity contribution in [3.8, 4) is 0 Å². The first kappa shape index (κ1) is 28.2. The molecule has 1 aliphatic heterocycles. The molecule has 1 saturated heterocycles. The SMILES string of the molecule is CCCCCCCC[C@@]1([C](F)F)CC[C@H](O)[C@@H]1C/C=C\CCC(OC1CCCCO1)C(=O)O. The van der Waals surface area contributed by atoms with E-state index in [1.54, 1.807) is 0 Å². The highest BCUT2D eigenvalue weighted by Gasteiger charge is 2.53. The molecular formula is C26H43F2O5. The Labute approximate surface area is 197 Å². The molecule has 2 fully saturated rings. The van der Waals surface area contributed by atoms with Crippen molar-refractivity contribution < 1.29 is 33.3 Å². The van der Waals surface area contributed by atoms with Gasteiger partial charge in [-0.25, -0.2) is 4.79 Å². The number of aliphatic carboxylic acids is 1. The molecule has 2 rings (SSSR count). The Bertz CT molecular complexity index is 579. The van der Waals surface area contributed by atoms with E-state index in [-0.39, 0.29) is 0 Å². The summed E-state index contributed by atoms with van der Waals surface area (Å²) in [6, 6.07) is 0. The third-order valence-electron chi connectivity index (χ3n) is 7.29. The minimum atomic E-state index is -1.54. The summed E-state index contributed by atoms with van der Waals surface area (Å²) in [5.41, 5.74) is -1.19. The largest absolute Gasteiger partial charge is 0.479 e. The van der Waals surface area contributed by atoms with Crippen molar-refractivity contribution in [2.24, 2.45) is 11.3 Å². The monoisotopic (exact) mass is 473 g/mol. The summed E-state index contributed by atoms with van der Waals surface area (Å²) < 4.78 is 39.3. The number of aliphatic hydroxyl groups is 1. The molecule has 0 bridgehead atoms. The lowest BCUT2D eigenvalue weighted by atomic mass is 9.72. The lowest BCUT2D eigenvalue weighted by Crippen LogP contribution is -2.33. The van der Waals surface area contributed by atoms with Crippen LogP contribution in [0.2, 0.25) is 0 Å². The lowest BCUT2D eigenvalue weighted by molar-refractivity contribution is -0.201. The quantitative estimate of drug-likeness (QED) is 0.194. The predicted molar refractivity (Wildman–Crippen MR) is 124 cm³/mol. The molecule has 0 spiro atoms. The van der Waals surface area contributed by atoms with Gasteiger partial charge >= 0.3 is 12.4 Å². The number of unbranched alkanes of at least 4 members (excludes halogenated alkanes) is 5. The summed E-state index contributed by atoms with van der Waals surface area (Å²) >= 11 is 0. The molecule has 0 amide bonds. The smallest absolute Gasteiger partial charge is 0.332 e. The topological polar surface area (TPSA) is 76.0 Å². The fourth-order valence-corrected chi connectivity index (χ4v) is 5.26. The first-order chi connectivity index (χ1) is 15.9. The maximum absolute atomic E-state index is 14.1. The van der Waals surface area contributed by atoms with E-state index in [1.807, 2.05) is 12.2 Å². The van der Waals surface area contributed by atoms with Gasteiger partial charge in [0, 0.05) is 12.0 Å². The van der Waals surface area contributed by atoms with Crippen molar-refractivity contribution >= 4 is 5.97 Å². The number of halogens is 2. The van der Waals surface area contributed by atoms with E-state index in [4.69, 9.17) is 9.47 Å². The number of carboxylic acids is 1. The number of aliphatic hydroxyl groups excluding tert-OH is 1. The molecule has 1 heterocycles. The van der Waals surface area contributed by atoms with Crippen molar-refractivity contribution in [1.82, 2.24) is 0 Å². The average molecular weight is 474 g/mol. The summed E-state index contributed by atoms with van der Waals surface area (Å²) in [6.07, 6.45) is 11.2. The lowest BCUT2D eigenvalue weighted by Gasteiger charge is -2.34. The molecule has 5 atom stereocenters. The number of hydrogen-bond donors (Lipinski definition) is 2. The summed E-state index contributed by atoms with van der Waals surface area (Å²) in [4.78, 5) is 11.5. The predicted octanol–water partition coefficient (Wildman–Crippen LogP) is 6.65. The Kier molecular flexibility index (Phi) is 12.9. The van der Waals surface area contributed by atoms with Gasteiger partial charge in [-0.15, -0.1) is 0 Å². The van der Waals surface area contributed by atoms with Gasteiger partial charge in [0.15, 0.2) is 12.4 Å². The van der Waals surface area contributed by atoms with Crippen LogP contribution < -0.4 is 0 Å². The van der Waals surface area contributed by atoms with Gasteiger partial charge in [0.2, 0.25) is 0 Å². The van der Waals surface area contributed by atoms with Gasteiger partial charge in [0.25, 0.3) is 0 Å². The van der Waals surface area contributed by atoms with Crippen LogP contribution in [0.3, 0.4) is 0 Å². The molecular weight excluding hydrogens is 430 g/mol. The third kappa shape index (κ3) is 8.91. The van der Waals surface area contributed by atoms with Crippen molar-refractivity contribution in [1.29, 1.82) is 0 Å². The fraction of sp³-hybridized carbons (Fsp3) is 0.846. The molecule has 0 aromatic carbocycles. The number of carboxylic acid groups (broad SMARTS) is 1. The number of ether oxygens (including phenoxy) is 2. The van der Waals surface area contributed by atoms with E-state index in [9.17, 15) is 23.8 Å². The van der Waals surface area contributed by atoms with E-state index >= 15 is 0 Å². The molecule has 2 N–H and O–H groups in total. The maximum Gasteiger partial charge on any atom is 0.332 e.